The average Bonchev–Trinajstić information content (AvgIpc) is 2.78. The summed E-state index contributed by atoms with van der Waals surface area (Å²) >= 11 is 3.52. The van der Waals surface area contributed by atoms with Gasteiger partial charge in [0.15, 0.2) is 5.65 Å². The lowest BCUT2D eigenvalue weighted by molar-refractivity contribution is 0.0941. The monoisotopic (exact) mass is 481 g/mol. The second kappa shape index (κ2) is 9.15. The van der Waals surface area contributed by atoms with Crippen molar-refractivity contribution in [2.24, 2.45) is 0 Å². The Balaban J connectivity index is 1.79. The van der Waals surface area contributed by atoms with E-state index in [9.17, 15) is 9.18 Å². The zero-order valence-corrected chi connectivity index (χ0v) is 17.7. The van der Waals surface area contributed by atoms with Crippen LogP contribution in [0.3, 0.4) is 0 Å². The number of pyridine rings is 1. The fraction of sp³-hybridized carbons (Fsp3) is 0.0909. The topological polar surface area (TPSA) is 100 Å². The first kappa shape index (κ1) is 20.8. The fourth-order valence-corrected chi connectivity index (χ4v) is 3.50. The van der Waals surface area contributed by atoms with Gasteiger partial charge in [-0.3, -0.25) is 4.79 Å². The van der Waals surface area contributed by atoms with Crippen LogP contribution in [0.25, 0.3) is 22.2 Å². The van der Waals surface area contributed by atoms with Gasteiger partial charge in [0.2, 0.25) is 5.95 Å². The van der Waals surface area contributed by atoms with Crippen LogP contribution in [0.2, 0.25) is 0 Å². The predicted molar refractivity (Wildman–Crippen MR) is 120 cm³/mol. The van der Waals surface area contributed by atoms with Crippen molar-refractivity contribution < 1.29 is 14.3 Å². The van der Waals surface area contributed by atoms with Crippen LogP contribution in [0.5, 0.6) is 0 Å². The van der Waals surface area contributed by atoms with Crippen molar-refractivity contribution in [3.63, 3.8) is 0 Å². The van der Waals surface area contributed by atoms with Gasteiger partial charge < -0.3 is 15.7 Å². The SMILES string of the molecule is O=C(NCCO)c1nc2nc(Nc3ccc(F)cc3)ncc2cc1-c1ccccc1Br. The quantitative estimate of drug-likeness (QED) is 0.384. The van der Waals surface area contributed by atoms with E-state index >= 15 is 0 Å². The Bertz CT molecular complexity index is 1250. The number of nitrogens with zero attached hydrogens (tertiary/aromatic N) is 3. The molecule has 1 amide bonds. The Morgan fingerprint density at radius 3 is 2.58 bits per heavy atom. The van der Waals surface area contributed by atoms with Crippen LogP contribution >= 0.6 is 15.9 Å². The highest BCUT2D eigenvalue weighted by atomic mass is 79.9. The second-order valence-electron chi connectivity index (χ2n) is 6.58. The van der Waals surface area contributed by atoms with Crippen LogP contribution in [-0.4, -0.2) is 39.1 Å². The van der Waals surface area contributed by atoms with Crippen LogP contribution < -0.4 is 10.6 Å². The van der Waals surface area contributed by atoms with Crippen molar-refractivity contribution in [3.8, 4) is 11.1 Å². The Kier molecular flexibility index (Phi) is 6.15. The molecule has 0 aliphatic carbocycles. The van der Waals surface area contributed by atoms with Crippen molar-refractivity contribution in [3.05, 3.63) is 76.8 Å². The smallest absolute Gasteiger partial charge is 0.270 e. The molecule has 2 aromatic heterocycles. The Hall–Kier alpha value is -3.43. The first-order valence-electron chi connectivity index (χ1n) is 9.39. The van der Waals surface area contributed by atoms with Crippen LogP contribution in [0.4, 0.5) is 16.0 Å². The average molecular weight is 482 g/mol. The maximum absolute atomic E-state index is 13.1. The standard InChI is InChI=1S/C22H17BrFN5O2/c23-18-4-2-1-3-16(18)17-11-13-12-26-22(27-15-7-5-14(24)6-8-15)29-20(13)28-19(17)21(31)25-9-10-30/h1-8,11-12,30H,9-10H2,(H,25,31)(H,26,27,28,29). The molecule has 0 aliphatic heterocycles. The molecule has 0 saturated carbocycles. The molecule has 0 fully saturated rings. The second-order valence-corrected chi connectivity index (χ2v) is 7.44. The predicted octanol–water partition coefficient (Wildman–Crippen LogP) is 4.06. The molecule has 4 rings (SSSR count). The largest absolute Gasteiger partial charge is 0.395 e. The zero-order chi connectivity index (χ0) is 21.8. The highest BCUT2D eigenvalue weighted by Crippen LogP contribution is 2.32. The number of benzene rings is 2. The molecule has 0 bridgehead atoms. The minimum atomic E-state index is -0.423. The number of aliphatic hydroxyl groups is 1. The van der Waals surface area contributed by atoms with Crippen molar-refractivity contribution in [2.75, 3.05) is 18.5 Å². The van der Waals surface area contributed by atoms with Crippen LogP contribution in [-0.2, 0) is 0 Å². The van der Waals surface area contributed by atoms with Crippen LogP contribution in [0, 0.1) is 5.82 Å². The van der Waals surface area contributed by atoms with Gasteiger partial charge in [-0.05, 0) is 42.0 Å². The van der Waals surface area contributed by atoms with E-state index in [0.717, 1.165) is 10.0 Å². The normalized spacial score (nSPS) is 10.8. The van der Waals surface area contributed by atoms with E-state index in [1.54, 1.807) is 24.4 Å². The molecule has 2 aromatic carbocycles. The summed E-state index contributed by atoms with van der Waals surface area (Å²) < 4.78 is 13.9. The number of aromatic nitrogens is 3. The number of aliphatic hydroxyl groups excluding tert-OH is 1. The molecule has 4 aromatic rings. The van der Waals surface area contributed by atoms with E-state index in [-0.39, 0.29) is 30.6 Å². The summed E-state index contributed by atoms with van der Waals surface area (Å²) in [6, 6.07) is 15.1. The van der Waals surface area contributed by atoms with E-state index in [1.165, 1.54) is 12.1 Å². The number of nitrogens with one attached hydrogen (secondary N) is 2. The maximum atomic E-state index is 13.1. The lowest BCUT2D eigenvalue weighted by Gasteiger charge is -2.12. The molecule has 0 saturated heterocycles. The molecule has 0 radical (unpaired) electrons. The number of hydrogen-bond acceptors (Lipinski definition) is 6. The highest BCUT2D eigenvalue weighted by molar-refractivity contribution is 9.10. The highest BCUT2D eigenvalue weighted by Gasteiger charge is 2.18. The number of carbonyl (C=O) groups is 1. The lowest BCUT2D eigenvalue weighted by atomic mass is 10.0. The Morgan fingerprint density at radius 2 is 1.84 bits per heavy atom. The van der Waals surface area contributed by atoms with E-state index in [4.69, 9.17) is 5.11 Å². The van der Waals surface area contributed by atoms with E-state index < -0.39 is 5.91 Å². The minimum absolute atomic E-state index is 0.106. The van der Waals surface area contributed by atoms with Gasteiger partial charge in [-0.25, -0.2) is 14.4 Å². The number of anilines is 2. The summed E-state index contributed by atoms with van der Waals surface area (Å²) in [5, 5.41) is 15.3. The van der Waals surface area contributed by atoms with E-state index in [1.807, 2.05) is 24.3 Å². The fourth-order valence-electron chi connectivity index (χ4n) is 3.00. The van der Waals surface area contributed by atoms with Gasteiger partial charge >= 0.3 is 0 Å². The van der Waals surface area contributed by atoms with E-state index in [0.29, 0.717) is 22.3 Å². The third kappa shape index (κ3) is 4.68. The van der Waals surface area contributed by atoms with Crippen LogP contribution in [0.1, 0.15) is 10.5 Å². The molecule has 156 valence electrons. The molecule has 7 nitrogen and oxygen atoms in total. The van der Waals surface area contributed by atoms with Gasteiger partial charge in [0.25, 0.3) is 5.91 Å². The van der Waals surface area contributed by atoms with Gasteiger partial charge in [-0.2, -0.15) is 4.98 Å². The van der Waals surface area contributed by atoms with Gasteiger partial charge in [-0.15, -0.1) is 0 Å². The molecule has 31 heavy (non-hydrogen) atoms. The summed E-state index contributed by atoms with van der Waals surface area (Å²) in [5.41, 5.74) is 2.52. The Labute approximate surface area is 185 Å². The molecule has 3 N–H and O–H groups in total. The van der Waals surface area contributed by atoms with Crippen molar-refractivity contribution in [1.29, 1.82) is 0 Å². The molecule has 0 aliphatic rings. The number of fused-ring (bicyclic) bond motifs is 1. The first-order chi connectivity index (χ1) is 15.0. The summed E-state index contributed by atoms with van der Waals surface area (Å²) in [4.78, 5) is 26.0. The summed E-state index contributed by atoms with van der Waals surface area (Å²) in [6.07, 6.45) is 1.61. The van der Waals surface area contributed by atoms with Crippen molar-refractivity contribution >= 4 is 44.5 Å². The summed E-state index contributed by atoms with van der Waals surface area (Å²) in [5.74, 6) is -0.500. The molecule has 9 heteroatoms. The molecule has 0 atom stereocenters. The molecular weight excluding hydrogens is 465 g/mol. The molecular formula is C22H17BrFN5O2. The molecule has 2 heterocycles. The number of hydrogen-bond donors (Lipinski definition) is 3. The zero-order valence-electron chi connectivity index (χ0n) is 16.1. The number of rotatable bonds is 6. The van der Waals surface area contributed by atoms with Crippen molar-refractivity contribution in [2.45, 2.75) is 0 Å². The first-order valence-corrected chi connectivity index (χ1v) is 10.2. The molecule has 0 unspecified atom stereocenters. The van der Waals surface area contributed by atoms with E-state index in [2.05, 4.69) is 41.5 Å². The Morgan fingerprint density at radius 1 is 1.06 bits per heavy atom. The van der Waals surface area contributed by atoms with Gasteiger partial charge in [-0.1, -0.05) is 34.1 Å². The van der Waals surface area contributed by atoms with Gasteiger partial charge in [0.1, 0.15) is 11.5 Å². The summed E-state index contributed by atoms with van der Waals surface area (Å²) in [6.45, 7) is -0.0767. The maximum Gasteiger partial charge on any atom is 0.270 e. The summed E-state index contributed by atoms with van der Waals surface area (Å²) in [7, 11) is 0. The third-order valence-corrected chi connectivity index (χ3v) is 5.14. The lowest BCUT2D eigenvalue weighted by Crippen LogP contribution is -2.28. The van der Waals surface area contributed by atoms with Gasteiger partial charge in [0.05, 0.1) is 6.61 Å². The van der Waals surface area contributed by atoms with Crippen molar-refractivity contribution in [1.82, 2.24) is 20.3 Å². The number of carbonyl (C=O) groups excluding carboxylic acids is 1. The number of amides is 1. The van der Waals surface area contributed by atoms with Crippen LogP contribution in [0.15, 0.2) is 65.3 Å². The van der Waals surface area contributed by atoms with Gasteiger partial charge in [0, 0.05) is 33.9 Å². The number of halogens is 2. The third-order valence-electron chi connectivity index (χ3n) is 4.45. The minimum Gasteiger partial charge on any atom is -0.395 e. The molecule has 0 spiro atoms.